The lowest BCUT2D eigenvalue weighted by molar-refractivity contribution is 0.0947. The van der Waals surface area contributed by atoms with E-state index in [1.54, 1.807) is 24.6 Å². The van der Waals surface area contributed by atoms with E-state index in [-0.39, 0.29) is 23.3 Å². The Kier molecular flexibility index (Phi) is 12.7. The summed E-state index contributed by atoms with van der Waals surface area (Å²) >= 11 is 0. The van der Waals surface area contributed by atoms with Crippen LogP contribution >= 0.6 is 0 Å². The lowest BCUT2D eigenvalue weighted by atomic mass is 10.0. The zero-order valence-electron chi connectivity index (χ0n) is 25.4. The molecule has 0 radical (unpaired) electrons. The number of nitrogens with zero attached hydrogens (tertiary/aromatic N) is 3. The molecule has 0 aromatic heterocycles. The Hall–Kier alpha value is -5.44. The van der Waals surface area contributed by atoms with Crippen molar-refractivity contribution >= 4 is 29.9 Å². The van der Waals surface area contributed by atoms with E-state index in [1.165, 1.54) is 47.6 Å². The minimum atomic E-state index is -0.319. The quantitative estimate of drug-likeness (QED) is 0.127. The molecule has 0 atom stereocenters. The third kappa shape index (κ3) is 10.4. The molecule has 228 valence electrons. The molecule has 0 fully saturated rings. The van der Waals surface area contributed by atoms with Gasteiger partial charge in [-0.2, -0.15) is 10.2 Å². The van der Waals surface area contributed by atoms with Gasteiger partial charge in [0.15, 0.2) is 0 Å². The molecule has 9 heteroatoms. The van der Waals surface area contributed by atoms with Gasteiger partial charge in [-0.15, -0.1) is 0 Å². The molecule has 44 heavy (non-hydrogen) atoms. The van der Waals surface area contributed by atoms with Gasteiger partial charge in [0.1, 0.15) is 11.5 Å². The minimum Gasteiger partial charge on any atom is -0.508 e. The lowest BCUT2D eigenvalue weighted by Crippen LogP contribution is -2.21. The number of benzene rings is 4. The van der Waals surface area contributed by atoms with Crippen molar-refractivity contribution in [3.8, 4) is 11.5 Å². The van der Waals surface area contributed by atoms with Gasteiger partial charge in [0.05, 0.1) is 12.4 Å². The van der Waals surface area contributed by atoms with E-state index in [0.29, 0.717) is 17.0 Å². The van der Waals surface area contributed by atoms with Crippen LogP contribution in [0.2, 0.25) is 0 Å². The number of aromatic hydroxyl groups is 2. The van der Waals surface area contributed by atoms with Crippen LogP contribution in [0.25, 0.3) is 0 Å². The predicted octanol–water partition coefficient (Wildman–Crippen LogP) is 6.28. The van der Waals surface area contributed by atoms with Crippen LogP contribution in [0.15, 0.2) is 107 Å². The fraction of sp³-hybridized carbons (Fsp3) is 0.200. The van der Waals surface area contributed by atoms with Gasteiger partial charge >= 0.3 is 0 Å². The lowest BCUT2D eigenvalue weighted by Gasteiger charge is -2.20. The van der Waals surface area contributed by atoms with Crippen molar-refractivity contribution in [3.63, 3.8) is 0 Å². The van der Waals surface area contributed by atoms with Crippen molar-refractivity contribution < 1.29 is 19.8 Å². The number of rotatable bonds is 10. The topological polar surface area (TPSA) is 127 Å². The van der Waals surface area contributed by atoms with Crippen LogP contribution in [-0.4, -0.2) is 47.5 Å². The van der Waals surface area contributed by atoms with Crippen molar-refractivity contribution in [2.24, 2.45) is 10.2 Å². The largest absolute Gasteiger partial charge is 0.508 e. The van der Waals surface area contributed by atoms with Gasteiger partial charge in [-0.3, -0.25) is 9.59 Å². The highest BCUT2D eigenvalue weighted by atomic mass is 16.3. The average Bonchev–Trinajstić information content (AvgIpc) is 3.03. The number of amides is 2. The highest BCUT2D eigenvalue weighted by Crippen LogP contribution is 2.15. The van der Waals surface area contributed by atoms with Crippen molar-refractivity contribution in [1.29, 1.82) is 0 Å². The number of hydrazone groups is 2. The summed E-state index contributed by atoms with van der Waals surface area (Å²) in [6.45, 7) is 10.5. The minimum absolute atomic E-state index is 0.123. The second kappa shape index (κ2) is 16.9. The van der Waals surface area contributed by atoms with Gasteiger partial charge in [-0.1, -0.05) is 50.2 Å². The van der Waals surface area contributed by atoms with Crippen LogP contribution in [0.5, 0.6) is 11.5 Å². The van der Waals surface area contributed by atoms with Crippen molar-refractivity contribution in [1.82, 2.24) is 10.9 Å². The fourth-order valence-corrected chi connectivity index (χ4v) is 4.01. The summed E-state index contributed by atoms with van der Waals surface area (Å²) in [6, 6.07) is 28.0. The average molecular weight is 594 g/mol. The Balaban J connectivity index is 0.000000241. The van der Waals surface area contributed by atoms with Crippen molar-refractivity contribution in [2.75, 3.05) is 18.0 Å². The van der Waals surface area contributed by atoms with Gasteiger partial charge in [0.25, 0.3) is 11.8 Å². The number of carbonyl (C=O) groups excluding carboxylic acids is 2. The second-order valence-corrected chi connectivity index (χ2v) is 10.1. The van der Waals surface area contributed by atoms with E-state index in [4.69, 9.17) is 5.11 Å². The first-order chi connectivity index (χ1) is 21.2. The number of nitrogens with one attached hydrogen (secondary N) is 2. The first-order valence-electron chi connectivity index (χ1n) is 14.4. The van der Waals surface area contributed by atoms with Crippen LogP contribution in [0, 0.1) is 0 Å². The summed E-state index contributed by atoms with van der Waals surface area (Å²) in [5.41, 5.74) is 10.1. The van der Waals surface area contributed by atoms with Crippen molar-refractivity contribution in [2.45, 2.75) is 33.6 Å². The van der Waals surface area contributed by atoms with Gasteiger partial charge in [-0.25, -0.2) is 10.9 Å². The molecular formula is C35H39N5O4. The molecule has 2 amide bonds. The van der Waals surface area contributed by atoms with E-state index < -0.39 is 0 Å². The number of anilines is 1. The molecule has 0 unspecified atom stereocenters. The zero-order chi connectivity index (χ0) is 31.9. The van der Waals surface area contributed by atoms with Crippen LogP contribution < -0.4 is 15.8 Å². The fourth-order valence-electron chi connectivity index (χ4n) is 4.01. The number of hydrogen-bond donors (Lipinski definition) is 4. The first-order valence-corrected chi connectivity index (χ1v) is 14.4. The smallest absolute Gasteiger partial charge is 0.271 e. The molecule has 0 heterocycles. The van der Waals surface area contributed by atoms with E-state index in [0.717, 1.165) is 24.2 Å². The van der Waals surface area contributed by atoms with E-state index in [2.05, 4.69) is 53.6 Å². The molecule has 4 rings (SSSR count). The monoisotopic (exact) mass is 593 g/mol. The van der Waals surface area contributed by atoms with Gasteiger partial charge in [0, 0.05) is 29.9 Å². The Labute approximate surface area is 258 Å². The SMILES string of the molecule is CC(C)c1ccc(/C=N/NC(=O)c2ccc(O)cc2)cc1.CCN(CC)c1ccc(/C=N\NC(=O)c2ccc(O)cc2)cc1. The van der Waals surface area contributed by atoms with Gasteiger partial charge in [-0.05, 0) is 97.1 Å². The third-order valence-electron chi connectivity index (χ3n) is 6.64. The number of phenols is 2. The summed E-state index contributed by atoms with van der Waals surface area (Å²) in [5.74, 6) is 0.106. The number of hydrogen-bond acceptors (Lipinski definition) is 7. The molecule has 0 aliphatic rings. The predicted molar refractivity (Wildman–Crippen MR) is 177 cm³/mol. The molecule has 0 aliphatic heterocycles. The summed E-state index contributed by atoms with van der Waals surface area (Å²) in [5, 5.41) is 26.2. The van der Waals surface area contributed by atoms with Gasteiger partial charge in [0.2, 0.25) is 0 Å². The summed E-state index contributed by atoms with van der Waals surface area (Å²) in [6.07, 6.45) is 3.20. The van der Waals surface area contributed by atoms with Crippen LogP contribution in [0.1, 0.15) is 71.0 Å². The van der Waals surface area contributed by atoms with Crippen LogP contribution in [0.4, 0.5) is 5.69 Å². The van der Waals surface area contributed by atoms with Gasteiger partial charge < -0.3 is 15.1 Å². The molecule has 0 saturated heterocycles. The molecule has 0 aliphatic carbocycles. The molecule has 4 aromatic carbocycles. The normalized spacial score (nSPS) is 10.8. The standard InChI is InChI=1S/C18H21N3O2.C17H18N2O2/c1-3-21(4-2)16-9-5-14(6-10-16)13-19-20-18(23)15-7-11-17(22)12-8-15;1-12(2)14-5-3-13(4-6-14)11-18-19-17(21)15-7-9-16(20)10-8-15/h5-13,22H,3-4H2,1-2H3,(H,20,23);3-12,20H,1-2H3,(H,19,21)/b19-13-;18-11+. The molecule has 0 saturated carbocycles. The summed E-state index contributed by atoms with van der Waals surface area (Å²) in [4.78, 5) is 25.9. The Morgan fingerprint density at radius 1 is 0.659 bits per heavy atom. The Bertz CT molecular complexity index is 1530. The summed E-state index contributed by atoms with van der Waals surface area (Å²) in [7, 11) is 0. The van der Waals surface area contributed by atoms with Crippen LogP contribution in [-0.2, 0) is 0 Å². The Morgan fingerprint density at radius 2 is 1.05 bits per heavy atom. The van der Waals surface area contributed by atoms with Crippen molar-refractivity contribution in [3.05, 3.63) is 125 Å². The van der Waals surface area contributed by atoms with E-state index in [1.807, 2.05) is 48.5 Å². The highest BCUT2D eigenvalue weighted by molar-refractivity contribution is 5.95. The third-order valence-corrected chi connectivity index (χ3v) is 6.64. The molecule has 4 N–H and O–H groups in total. The molecule has 4 aromatic rings. The molecule has 0 spiro atoms. The second-order valence-electron chi connectivity index (χ2n) is 10.1. The summed E-state index contributed by atoms with van der Waals surface area (Å²) < 4.78 is 0. The molecule has 9 nitrogen and oxygen atoms in total. The maximum atomic E-state index is 11.9. The molecule has 0 bridgehead atoms. The number of carbonyl (C=O) groups is 2. The zero-order valence-corrected chi connectivity index (χ0v) is 25.4. The maximum Gasteiger partial charge on any atom is 0.271 e. The Morgan fingerprint density at radius 3 is 1.41 bits per heavy atom. The molecular weight excluding hydrogens is 554 g/mol. The van der Waals surface area contributed by atoms with E-state index in [9.17, 15) is 14.7 Å². The maximum absolute atomic E-state index is 11.9. The first kappa shape index (κ1) is 33.1. The van der Waals surface area contributed by atoms with Crippen LogP contribution in [0.3, 0.4) is 0 Å². The highest BCUT2D eigenvalue weighted by Gasteiger charge is 2.05. The van der Waals surface area contributed by atoms with E-state index >= 15 is 0 Å². The number of phenolic OH excluding ortho intramolecular Hbond substituents is 2.